The summed E-state index contributed by atoms with van der Waals surface area (Å²) < 4.78 is 11.4. The van der Waals surface area contributed by atoms with Crippen molar-refractivity contribution in [1.29, 1.82) is 0 Å². The second-order valence-corrected chi connectivity index (χ2v) is 7.88. The van der Waals surface area contributed by atoms with E-state index < -0.39 is 5.97 Å². The Morgan fingerprint density at radius 3 is 2.18 bits per heavy atom. The van der Waals surface area contributed by atoms with Crippen molar-refractivity contribution in [3.63, 3.8) is 0 Å². The Morgan fingerprint density at radius 2 is 1.42 bits per heavy atom. The predicted molar refractivity (Wildman–Crippen MR) is 133 cm³/mol. The number of hydrogen-bond donors (Lipinski definition) is 1. The Bertz CT molecular complexity index is 994. The van der Waals surface area contributed by atoms with E-state index in [9.17, 15) is 4.79 Å². The van der Waals surface area contributed by atoms with Crippen LogP contribution in [0.4, 0.5) is 0 Å². The van der Waals surface area contributed by atoms with E-state index in [1.165, 1.54) is 18.9 Å². The summed E-state index contributed by atoms with van der Waals surface area (Å²) in [4.78, 5) is 12.4. The van der Waals surface area contributed by atoms with Gasteiger partial charge in [-0.1, -0.05) is 86.3 Å². The van der Waals surface area contributed by atoms with Gasteiger partial charge in [0.05, 0.1) is 6.61 Å². The van der Waals surface area contributed by atoms with Gasteiger partial charge in [-0.05, 0) is 48.2 Å². The largest absolute Gasteiger partial charge is 0.494 e. The molecule has 3 rings (SSSR count). The second-order valence-electron chi connectivity index (χ2n) is 7.88. The number of hydrogen-bond acceptors (Lipinski definition) is 4. The molecule has 0 aliphatic carbocycles. The Balaban J connectivity index is 1.45. The van der Waals surface area contributed by atoms with Crippen LogP contribution in [0.25, 0.3) is 17.2 Å². The molecule has 0 radical (unpaired) electrons. The maximum atomic E-state index is 12.4. The van der Waals surface area contributed by atoms with Crippen molar-refractivity contribution in [3.8, 4) is 22.6 Å². The minimum atomic E-state index is -0.419. The monoisotopic (exact) mass is 444 g/mol. The molecule has 3 aromatic carbocycles. The van der Waals surface area contributed by atoms with Crippen LogP contribution in [0.1, 0.15) is 44.1 Å². The lowest BCUT2D eigenvalue weighted by Crippen LogP contribution is -2.04. The molecule has 0 saturated carbocycles. The van der Waals surface area contributed by atoms with Crippen molar-refractivity contribution in [2.75, 3.05) is 13.2 Å². The van der Waals surface area contributed by atoms with Crippen molar-refractivity contribution in [3.05, 3.63) is 90.5 Å². The molecular formula is C29H32O4. The van der Waals surface area contributed by atoms with Crippen molar-refractivity contribution < 1.29 is 19.4 Å². The molecule has 0 bridgehead atoms. The number of benzene rings is 3. The Hall–Kier alpha value is -3.37. The lowest BCUT2D eigenvalue weighted by molar-refractivity contribution is -0.128. The highest BCUT2D eigenvalue weighted by Crippen LogP contribution is 2.29. The molecule has 4 heteroatoms. The van der Waals surface area contributed by atoms with E-state index in [1.54, 1.807) is 12.1 Å². The molecule has 4 nitrogen and oxygen atoms in total. The average molecular weight is 445 g/mol. The Morgan fingerprint density at radius 1 is 0.758 bits per heavy atom. The number of carbonyl (C=O) groups is 1. The maximum Gasteiger partial charge on any atom is 0.336 e. The highest BCUT2D eigenvalue weighted by Gasteiger charge is 2.08. The second kappa shape index (κ2) is 13.9. The normalized spacial score (nSPS) is 10.9. The number of aliphatic hydroxyl groups excluding tert-OH is 1. The smallest absolute Gasteiger partial charge is 0.336 e. The zero-order valence-electron chi connectivity index (χ0n) is 19.0. The van der Waals surface area contributed by atoms with Crippen LogP contribution in [0.5, 0.6) is 11.5 Å². The van der Waals surface area contributed by atoms with Crippen LogP contribution in [-0.2, 0) is 4.79 Å². The highest BCUT2D eigenvalue weighted by molar-refractivity contribution is 5.90. The number of esters is 1. The lowest BCUT2D eigenvalue weighted by Gasteiger charge is -2.09. The summed E-state index contributed by atoms with van der Waals surface area (Å²) in [5.41, 5.74) is 2.79. The summed E-state index contributed by atoms with van der Waals surface area (Å²) in [6.07, 6.45) is 9.69. The summed E-state index contributed by atoms with van der Waals surface area (Å²) in [6, 6.07) is 25.1. The minimum Gasteiger partial charge on any atom is -0.494 e. The molecule has 0 aliphatic heterocycles. The first-order valence-corrected chi connectivity index (χ1v) is 11.6. The SMILES string of the molecule is O=C(C=Cc1ccc(OCCCCCCCCO)cc1)Oc1ccccc1-c1ccccc1. The van der Waals surface area contributed by atoms with Gasteiger partial charge in [-0.3, -0.25) is 0 Å². The molecule has 0 aromatic heterocycles. The van der Waals surface area contributed by atoms with Crippen molar-refractivity contribution in [2.45, 2.75) is 38.5 Å². The molecule has 0 amide bonds. The molecule has 172 valence electrons. The number of rotatable bonds is 13. The fraction of sp³-hybridized carbons (Fsp3) is 0.276. The third-order valence-electron chi connectivity index (χ3n) is 5.30. The number of para-hydroxylation sites is 1. The molecule has 0 spiro atoms. The van der Waals surface area contributed by atoms with Crippen LogP contribution in [0, 0.1) is 0 Å². The average Bonchev–Trinajstić information content (AvgIpc) is 2.86. The number of unbranched alkanes of at least 4 members (excludes halogenated alkanes) is 5. The molecule has 0 fully saturated rings. The first-order valence-electron chi connectivity index (χ1n) is 11.6. The molecule has 0 unspecified atom stereocenters. The summed E-state index contributed by atoms with van der Waals surface area (Å²) >= 11 is 0. The van der Waals surface area contributed by atoms with Crippen LogP contribution >= 0.6 is 0 Å². The van der Waals surface area contributed by atoms with E-state index in [0.29, 0.717) is 12.4 Å². The predicted octanol–water partition coefficient (Wildman–Crippen LogP) is 6.68. The molecule has 3 aromatic rings. The molecule has 0 heterocycles. The Labute approximate surface area is 196 Å². The topological polar surface area (TPSA) is 55.8 Å². The first kappa shape index (κ1) is 24.3. The quantitative estimate of drug-likeness (QED) is 0.138. The fourth-order valence-corrected chi connectivity index (χ4v) is 3.50. The van der Waals surface area contributed by atoms with Gasteiger partial charge in [0.1, 0.15) is 11.5 Å². The molecule has 0 aliphatic rings. The standard InChI is InChI=1S/C29H32O4/c30-22-10-3-1-2-4-11-23-32-26-19-16-24(17-20-26)18-21-29(31)33-28-15-9-8-14-27(28)25-12-6-5-7-13-25/h5-9,12-21,30H,1-4,10-11,22-23H2. The van der Waals surface area contributed by atoms with Crippen molar-refractivity contribution in [1.82, 2.24) is 0 Å². The van der Waals surface area contributed by atoms with Crippen LogP contribution in [0.2, 0.25) is 0 Å². The van der Waals surface area contributed by atoms with Gasteiger partial charge in [0.15, 0.2) is 0 Å². The van der Waals surface area contributed by atoms with Gasteiger partial charge in [0.2, 0.25) is 0 Å². The summed E-state index contributed by atoms with van der Waals surface area (Å²) in [5, 5.41) is 8.78. The first-order chi connectivity index (χ1) is 16.3. The molecule has 1 N–H and O–H groups in total. The summed E-state index contributed by atoms with van der Waals surface area (Å²) in [5.74, 6) is 0.944. The van der Waals surface area contributed by atoms with Crippen molar-refractivity contribution >= 4 is 12.0 Å². The maximum absolute atomic E-state index is 12.4. The number of ether oxygens (including phenoxy) is 2. The van der Waals surface area contributed by atoms with E-state index in [-0.39, 0.29) is 6.61 Å². The van der Waals surface area contributed by atoms with Crippen LogP contribution in [-0.4, -0.2) is 24.3 Å². The minimum absolute atomic E-state index is 0.289. The van der Waals surface area contributed by atoms with Crippen LogP contribution < -0.4 is 9.47 Å². The molecule has 0 atom stereocenters. The molecule has 0 saturated heterocycles. The van der Waals surface area contributed by atoms with Crippen LogP contribution in [0.15, 0.2) is 84.9 Å². The van der Waals surface area contributed by atoms with E-state index >= 15 is 0 Å². The zero-order chi connectivity index (χ0) is 23.1. The van der Waals surface area contributed by atoms with Gasteiger partial charge >= 0.3 is 5.97 Å². The highest BCUT2D eigenvalue weighted by atomic mass is 16.5. The Kier molecular flexibility index (Phi) is 10.2. The fourth-order valence-electron chi connectivity index (χ4n) is 3.50. The van der Waals surface area contributed by atoms with E-state index in [0.717, 1.165) is 48.1 Å². The third-order valence-corrected chi connectivity index (χ3v) is 5.30. The van der Waals surface area contributed by atoms with Crippen LogP contribution in [0.3, 0.4) is 0 Å². The summed E-state index contributed by atoms with van der Waals surface area (Å²) in [7, 11) is 0. The van der Waals surface area contributed by atoms with E-state index in [4.69, 9.17) is 14.6 Å². The van der Waals surface area contributed by atoms with Gasteiger partial charge in [0, 0.05) is 18.2 Å². The van der Waals surface area contributed by atoms with Gasteiger partial charge in [0.25, 0.3) is 0 Å². The van der Waals surface area contributed by atoms with Gasteiger partial charge in [-0.2, -0.15) is 0 Å². The van der Waals surface area contributed by atoms with Crippen molar-refractivity contribution in [2.24, 2.45) is 0 Å². The lowest BCUT2D eigenvalue weighted by atomic mass is 10.1. The molecular weight excluding hydrogens is 412 g/mol. The van der Waals surface area contributed by atoms with E-state index in [2.05, 4.69) is 0 Å². The zero-order valence-corrected chi connectivity index (χ0v) is 19.0. The molecule has 33 heavy (non-hydrogen) atoms. The summed E-state index contributed by atoms with van der Waals surface area (Å²) in [6.45, 7) is 0.986. The third kappa shape index (κ3) is 8.59. The number of carbonyl (C=O) groups excluding carboxylic acids is 1. The van der Waals surface area contributed by atoms with E-state index in [1.807, 2.05) is 72.8 Å². The van der Waals surface area contributed by atoms with Gasteiger partial charge in [-0.15, -0.1) is 0 Å². The van der Waals surface area contributed by atoms with Gasteiger partial charge < -0.3 is 14.6 Å². The van der Waals surface area contributed by atoms with Gasteiger partial charge in [-0.25, -0.2) is 4.79 Å². The number of aliphatic hydroxyl groups is 1.